The van der Waals surface area contributed by atoms with Gasteiger partial charge in [-0.15, -0.1) is 0 Å². The summed E-state index contributed by atoms with van der Waals surface area (Å²) in [5.74, 6) is -0.0647. The van der Waals surface area contributed by atoms with Crippen molar-refractivity contribution in [2.75, 3.05) is 27.2 Å². The molecule has 1 fully saturated rings. The molecule has 1 N–H and O–H groups in total. The maximum Gasteiger partial charge on any atom is 0.253 e. The molecular formula is C19H24N4O3. The van der Waals surface area contributed by atoms with E-state index in [1.165, 1.54) is 0 Å². The van der Waals surface area contributed by atoms with Gasteiger partial charge in [-0.1, -0.05) is 12.1 Å². The van der Waals surface area contributed by atoms with E-state index in [4.69, 9.17) is 4.74 Å². The molecule has 1 atom stereocenters. The number of aromatic nitrogens is 2. The Morgan fingerprint density at radius 1 is 1.27 bits per heavy atom. The lowest BCUT2D eigenvalue weighted by Gasteiger charge is -2.32. The van der Waals surface area contributed by atoms with E-state index in [2.05, 4.69) is 10.4 Å². The minimum Gasteiger partial charge on any atom is -0.380 e. The maximum atomic E-state index is 12.7. The standard InChI is InChI=1S/C19H24N4O3/c1-20-18(24)13-23-11-16(10-21-23)14-5-7-15(8-6-14)19(25)22-9-3-4-17(12-22)26-2/h5-8,10-11,17H,3-4,9,12-13H2,1-2H3,(H,20,24)/t17-/m0/s1. The number of ether oxygens (including phenoxy) is 1. The first kappa shape index (κ1) is 18.1. The third kappa shape index (κ3) is 4.11. The van der Waals surface area contributed by atoms with Crippen molar-refractivity contribution >= 4 is 11.8 Å². The van der Waals surface area contributed by atoms with Crippen LogP contribution in [0.2, 0.25) is 0 Å². The molecule has 1 aromatic heterocycles. The number of likely N-dealkylation sites (tertiary alicyclic amines) is 1. The second kappa shape index (κ2) is 8.14. The van der Waals surface area contributed by atoms with Crippen molar-refractivity contribution in [1.82, 2.24) is 20.0 Å². The van der Waals surface area contributed by atoms with E-state index in [9.17, 15) is 9.59 Å². The van der Waals surface area contributed by atoms with Crippen LogP contribution in [0, 0.1) is 0 Å². The molecule has 0 bridgehead atoms. The van der Waals surface area contributed by atoms with Gasteiger partial charge in [-0.05, 0) is 30.5 Å². The quantitative estimate of drug-likeness (QED) is 0.882. The van der Waals surface area contributed by atoms with E-state index in [1.54, 1.807) is 25.0 Å². The van der Waals surface area contributed by atoms with Gasteiger partial charge in [-0.2, -0.15) is 5.10 Å². The van der Waals surface area contributed by atoms with Crippen LogP contribution < -0.4 is 5.32 Å². The molecule has 2 amide bonds. The number of piperidine rings is 1. The molecule has 1 aliphatic heterocycles. The molecule has 138 valence electrons. The van der Waals surface area contributed by atoms with Crippen molar-refractivity contribution in [3.8, 4) is 11.1 Å². The van der Waals surface area contributed by atoms with Crippen molar-refractivity contribution < 1.29 is 14.3 Å². The molecule has 0 unspecified atom stereocenters. The van der Waals surface area contributed by atoms with Crippen LogP contribution in [-0.2, 0) is 16.1 Å². The first-order valence-corrected chi connectivity index (χ1v) is 8.76. The Hall–Kier alpha value is -2.67. The van der Waals surface area contributed by atoms with Crippen LogP contribution in [0.1, 0.15) is 23.2 Å². The van der Waals surface area contributed by atoms with Crippen LogP contribution in [0.15, 0.2) is 36.7 Å². The number of benzene rings is 1. The number of carbonyl (C=O) groups excluding carboxylic acids is 2. The van der Waals surface area contributed by atoms with Gasteiger partial charge in [0, 0.05) is 44.6 Å². The summed E-state index contributed by atoms with van der Waals surface area (Å²) in [5, 5.41) is 6.77. The molecule has 0 aliphatic carbocycles. The topological polar surface area (TPSA) is 76.5 Å². The van der Waals surface area contributed by atoms with Gasteiger partial charge in [0.15, 0.2) is 0 Å². The summed E-state index contributed by atoms with van der Waals surface area (Å²) < 4.78 is 6.98. The summed E-state index contributed by atoms with van der Waals surface area (Å²) in [6.07, 6.45) is 5.62. The van der Waals surface area contributed by atoms with Gasteiger partial charge in [-0.25, -0.2) is 0 Å². The van der Waals surface area contributed by atoms with Crippen LogP contribution in [0.3, 0.4) is 0 Å². The first-order valence-electron chi connectivity index (χ1n) is 8.76. The lowest BCUT2D eigenvalue weighted by molar-refractivity contribution is -0.121. The molecule has 1 aliphatic rings. The third-order valence-electron chi connectivity index (χ3n) is 4.68. The van der Waals surface area contributed by atoms with Gasteiger partial charge < -0.3 is 15.0 Å². The predicted molar refractivity (Wildman–Crippen MR) is 97.7 cm³/mol. The van der Waals surface area contributed by atoms with E-state index in [1.807, 2.05) is 35.4 Å². The number of carbonyl (C=O) groups is 2. The Labute approximate surface area is 152 Å². The number of rotatable bonds is 5. The fourth-order valence-electron chi connectivity index (χ4n) is 3.13. The third-order valence-corrected chi connectivity index (χ3v) is 4.68. The summed E-state index contributed by atoms with van der Waals surface area (Å²) in [6, 6.07) is 7.49. The molecule has 1 saturated heterocycles. The summed E-state index contributed by atoms with van der Waals surface area (Å²) in [6.45, 7) is 1.60. The highest BCUT2D eigenvalue weighted by atomic mass is 16.5. The minimum absolute atomic E-state index is 0.0358. The van der Waals surface area contributed by atoms with Gasteiger partial charge in [-0.3, -0.25) is 14.3 Å². The highest BCUT2D eigenvalue weighted by Gasteiger charge is 2.24. The van der Waals surface area contributed by atoms with Crippen LogP contribution in [0.5, 0.6) is 0 Å². The van der Waals surface area contributed by atoms with E-state index in [0.29, 0.717) is 12.1 Å². The van der Waals surface area contributed by atoms with E-state index < -0.39 is 0 Å². The summed E-state index contributed by atoms with van der Waals surface area (Å²) in [4.78, 5) is 26.0. The van der Waals surface area contributed by atoms with Gasteiger partial charge in [0.2, 0.25) is 5.91 Å². The van der Waals surface area contributed by atoms with E-state index in [0.717, 1.165) is 30.5 Å². The second-order valence-electron chi connectivity index (χ2n) is 6.43. The number of likely N-dealkylation sites (N-methyl/N-ethyl adjacent to an activating group) is 1. The van der Waals surface area contributed by atoms with Crippen LogP contribution >= 0.6 is 0 Å². The Bertz CT molecular complexity index is 769. The molecule has 2 aromatic rings. The average molecular weight is 356 g/mol. The lowest BCUT2D eigenvalue weighted by Crippen LogP contribution is -2.42. The van der Waals surface area contributed by atoms with Crippen molar-refractivity contribution in [3.05, 3.63) is 42.2 Å². The smallest absolute Gasteiger partial charge is 0.253 e. The largest absolute Gasteiger partial charge is 0.380 e. The molecule has 3 rings (SSSR count). The van der Waals surface area contributed by atoms with Crippen LogP contribution in [0.25, 0.3) is 11.1 Å². The normalized spacial score (nSPS) is 17.2. The highest BCUT2D eigenvalue weighted by molar-refractivity contribution is 5.94. The number of nitrogens with one attached hydrogen (secondary N) is 1. The predicted octanol–water partition coefficient (Wildman–Crippen LogP) is 1.55. The molecule has 7 heteroatoms. The Kier molecular flexibility index (Phi) is 5.68. The first-order chi connectivity index (χ1) is 12.6. The van der Waals surface area contributed by atoms with E-state index in [-0.39, 0.29) is 24.5 Å². The lowest BCUT2D eigenvalue weighted by atomic mass is 10.0. The highest BCUT2D eigenvalue weighted by Crippen LogP contribution is 2.21. The van der Waals surface area contributed by atoms with Crippen LogP contribution in [-0.4, -0.2) is 59.8 Å². The molecule has 1 aromatic carbocycles. The van der Waals surface area contributed by atoms with Crippen molar-refractivity contribution in [2.24, 2.45) is 0 Å². The SMILES string of the molecule is CNC(=O)Cn1cc(-c2ccc(C(=O)N3CCC[C@H](OC)C3)cc2)cn1. The summed E-state index contributed by atoms with van der Waals surface area (Å²) >= 11 is 0. The monoisotopic (exact) mass is 356 g/mol. The Morgan fingerprint density at radius 2 is 2.04 bits per heavy atom. The number of methoxy groups -OCH3 is 1. The van der Waals surface area contributed by atoms with Crippen LogP contribution in [0.4, 0.5) is 0 Å². The minimum atomic E-state index is -0.100. The van der Waals surface area contributed by atoms with Gasteiger partial charge in [0.25, 0.3) is 5.91 Å². The Balaban J connectivity index is 1.68. The van der Waals surface area contributed by atoms with E-state index >= 15 is 0 Å². The average Bonchev–Trinajstić information content (AvgIpc) is 3.15. The fourth-order valence-corrected chi connectivity index (χ4v) is 3.13. The molecule has 2 heterocycles. The molecular weight excluding hydrogens is 332 g/mol. The number of amides is 2. The Morgan fingerprint density at radius 3 is 2.73 bits per heavy atom. The molecule has 26 heavy (non-hydrogen) atoms. The van der Waals surface area contributed by atoms with Crippen molar-refractivity contribution in [2.45, 2.75) is 25.5 Å². The number of hydrogen-bond donors (Lipinski definition) is 1. The number of nitrogens with zero attached hydrogens (tertiary/aromatic N) is 3. The molecule has 0 spiro atoms. The number of hydrogen-bond acceptors (Lipinski definition) is 4. The van der Waals surface area contributed by atoms with Crippen molar-refractivity contribution in [1.29, 1.82) is 0 Å². The van der Waals surface area contributed by atoms with Gasteiger partial charge in [0.05, 0.1) is 12.3 Å². The zero-order chi connectivity index (χ0) is 18.5. The summed E-state index contributed by atoms with van der Waals surface area (Å²) in [5.41, 5.74) is 2.53. The van der Waals surface area contributed by atoms with Gasteiger partial charge >= 0.3 is 0 Å². The second-order valence-corrected chi connectivity index (χ2v) is 6.43. The summed E-state index contributed by atoms with van der Waals surface area (Å²) in [7, 11) is 3.29. The zero-order valence-electron chi connectivity index (χ0n) is 15.1. The molecule has 0 radical (unpaired) electrons. The fraction of sp³-hybridized carbons (Fsp3) is 0.421. The molecule has 7 nitrogen and oxygen atoms in total. The van der Waals surface area contributed by atoms with Gasteiger partial charge in [0.1, 0.15) is 6.54 Å². The van der Waals surface area contributed by atoms with Crippen molar-refractivity contribution in [3.63, 3.8) is 0 Å². The maximum absolute atomic E-state index is 12.7. The molecule has 0 saturated carbocycles. The zero-order valence-corrected chi connectivity index (χ0v) is 15.1.